The number of hydrogen-bond acceptors (Lipinski definition) is 3. The summed E-state index contributed by atoms with van der Waals surface area (Å²) in [5, 5.41) is 0. The Kier molecular flexibility index (Phi) is 10.1. The lowest BCUT2D eigenvalue weighted by atomic mass is 9.66. The molecule has 0 atom stereocenters. The van der Waals surface area contributed by atoms with Crippen molar-refractivity contribution in [2.45, 2.75) is 5.41 Å². The molecule has 0 saturated carbocycles. The van der Waals surface area contributed by atoms with Gasteiger partial charge in [0.05, 0.1) is 5.41 Å². The maximum Gasteiger partial charge on any atom is 0.164 e. The molecule has 0 bridgehead atoms. The zero-order valence-corrected chi connectivity index (χ0v) is 39.8. The van der Waals surface area contributed by atoms with Gasteiger partial charge in [-0.3, -0.25) is 0 Å². The Morgan fingerprint density at radius 3 is 0.822 bits per heavy atom. The van der Waals surface area contributed by atoms with Crippen LogP contribution >= 0.6 is 0 Å². The van der Waals surface area contributed by atoms with Gasteiger partial charge in [0.1, 0.15) is 0 Å². The summed E-state index contributed by atoms with van der Waals surface area (Å²) in [7, 11) is 0. The number of fused-ring (bicyclic) bond motifs is 12. The van der Waals surface area contributed by atoms with E-state index in [1.807, 2.05) is 0 Å². The number of benzene rings is 11. The molecule has 73 heavy (non-hydrogen) atoms. The Morgan fingerprint density at radius 1 is 0.178 bits per heavy atom. The molecule has 3 nitrogen and oxygen atoms in total. The third-order valence-corrected chi connectivity index (χ3v) is 14.9. The molecular weight excluding hydrogens is 883 g/mol. The smallest absolute Gasteiger partial charge is 0.164 e. The summed E-state index contributed by atoms with van der Waals surface area (Å²) in [6.07, 6.45) is 0. The van der Waals surface area contributed by atoms with Gasteiger partial charge in [0.25, 0.3) is 0 Å². The van der Waals surface area contributed by atoms with Crippen LogP contribution in [0.15, 0.2) is 273 Å². The lowest BCUT2D eigenvalue weighted by Crippen LogP contribution is -2.29. The molecule has 2 aliphatic rings. The maximum absolute atomic E-state index is 5.56. The summed E-state index contributed by atoms with van der Waals surface area (Å²) in [6, 6.07) is 98.6. The van der Waals surface area contributed by atoms with E-state index in [-0.39, 0.29) is 0 Å². The Balaban J connectivity index is 1.05. The average molecular weight is 928 g/mol. The van der Waals surface area contributed by atoms with Gasteiger partial charge in [0.15, 0.2) is 17.5 Å². The third kappa shape index (κ3) is 7.08. The molecule has 0 unspecified atom stereocenters. The van der Waals surface area contributed by atoms with Crippen molar-refractivity contribution in [3.05, 3.63) is 295 Å². The minimum atomic E-state index is -0.657. The van der Waals surface area contributed by atoms with Crippen LogP contribution in [0.1, 0.15) is 22.3 Å². The zero-order chi connectivity index (χ0) is 48.3. The quantitative estimate of drug-likeness (QED) is 0.160. The summed E-state index contributed by atoms with van der Waals surface area (Å²) in [4.78, 5) is 16.6. The van der Waals surface area contributed by atoms with Crippen molar-refractivity contribution in [3.63, 3.8) is 0 Å². The second-order valence-electron chi connectivity index (χ2n) is 19.1. The van der Waals surface area contributed by atoms with Gasteiger partial charge >= 0.3 is 0 Å². The number of nitrogens with zero attached hydrogens (tertiary/aromatic N) is 3. The molecule has 0 aliphatic heterocycles. The van der Waals surface area contributed by atoms with Crippen LogP contribution in [0.4, 0.5) is 0 Å². The molecule has 12 aromatic rings. The van der Waals surface area contributed by atoms with Gasteiger partial charge in [-0.1, -0.05) is 231 Å². The monoisotopic (exact) mass is 927 g/mol. The van der Waals surface area contributed by atoms with E-state index in [0.29, 0.717) is 17.5 Å². The Bertz CT molecular complexity index is 3740. The third-order valence-electron chi connectivity index (χ3n) is 14.9. The predicted molar refractivity (Wildman–Crippen MR) is 300 cm³/mol. The highest BCUT2D eigenvalue weighted by Gasteiger charge is 2.49. The van der Waals surface area contributed by atoms with Gasteiger partial charge in [-0.15, -0.1) is 0 Å². The predicted octanol–water partition coefficient (Wildman–Crippen LogP) is 17.6. The Morgan fingerprint density at radius 2 is 0.452 bits per heavy atom. The highest BCUT2D eigenvalue weighted by molar-refractivity contribution is 5.98. The van der Waals surface area contributed by atoms with Crippen LogP contribution in [-0.4, -0.2) is 15.0 Å². The lowest BCUT2D eigenvalue weighted by Gasteiger charge is -2.35. The highest BCUT2D eigenvalue weighted by Crippen LogP contribution is 2.61. The van der Waals surface area contributed by atoms with Crippen LogP contribution in [0, 0.1) is 0 Å². The van der Waals surface area contributed by atoms with Crippen LogP contribution in [0.3, 0.4) is 0 Å². The van der Waals surface area contributed by atoms with Crippen LogP contribution in [0.25, 0.3) is 112 Å². The van der Waals surface area contributed by atoms with E-state index in [1.54, 1.807) is 0 Å². The fourth-order valence-corrected chi connectivity index (χ4v) is 11.7. The molecular formula is C70H45N3. The van der Waals surface area contributed by atoms with Crippen LogP contribution < -0.4 is 0 Å². The first-order valence-corrected chi connectivity index (χ1v) is 25.0. The minimum absolute atomic E-state index is 0.598. The normalized spacial score (nSPS) is 12.5. The zero-order valence-electron chi connectivity index (χ0n) is 39.8. The van der Waals surface area contributed by atoms with E-state index in [0.717, 1.165) is 61.2 Å². The highest BCUT2D eigenvalue weighted by atomic mass is 15.0. The van der Waals surface area contributed by atoms with Crippen molar-refractivity contribution in [1.29, 1.82) is 0 Å². The average Bonchev–Trinajstić information content (AvgIpc) is 3.72. The van der Waals surface area contributed by atoms with Crippen molar-refractivity contribution < 1.29 is 0 Å². The summed E-state index contributed by atoms with van der Waals surface area (Å²) in [5.74, 6) is 1.80. The standard InChI is InChI=1S/C70H45N3/c1-5-21-46(22-6-1)51-39-52(47-23-7-2-8-24-47)42-55(41-51)68-71-67(72-69(73-68)56-43-53(48-25-9-3-10-26-48)40-54(44-56)49-27-11-4-12-28-49)50-37-38-62-61-33-17-20-36-65(61)70(66(62)45-50)63-34-18-15-31-59(63)57-29-13-14-30-58(57)60-32-16-19-35-64(60)70/h1-45H. The molecule has 0 N–H and O–H groups in total. The maximum atomic E-state index is 5.56. The van der Waals surface area contributed by atoms with Crippen molar-refractivity contribution in [2.24, 2.45) is 0 Å². The molecule has 0 fully saturated rings. The van der Waals surface area contributed by atoms with E-state index in [4.69, 9.17) is 15.0 Å². The van der Waals surface area contributed by atoms with Gasteiger partial charge in [-0.25, -0.2) is 15.0 Å². The second-order valence-corrected chi connectivity index (χ2v) is 19.1. The number of aromatic nitrogens is 3. The Hall–Kier alpha value is -9.57. The molecule has 3 heteroatoms. The van der Waals surface area contributed by atoms with Gasteiger partial charge in [0.2, 0.25) is 0 Å². The largest absolute Gasteiger partial charge is 0.208 e. The SMILES string of the molecule is c1ccc(-c2cc(-c3ccccc3)cc(-c3nc(-c4cc(-c5ccccc5)cc(-c5ccccc5)c4)nc(-c4ccc5c(c4)C4(c6ccccc6-c6ccccc6-c6ccccc64)c4ccccc4-5)n3)c2)cc1. The first-order valence-electron chi connectivity index (χ1n) is 25.0. The summed E-state index contributed by atoms with van der Waals surface area (Å²) < 4.78 is 0. The minimum Gasteiger partial charge on any atom is -0.208 e. The molecule has 14 rings (SSSR count). The first kappa shape index (κ1) is 42.3. The molecule has 0 radical (unpaired) electrons. The fourth-order valence-electron chi connectivity index (χ4n) is 11.7. The van der Waals surface area contributed by atoms with E-state index in [1.165, 1.54) is 55.6 Å². The summed E-state index contributed by atoms with van der Waals surface area (Å²) in [5.41, 5.74) is 23.2. The van der Waals surface area contributed by atoms with Crippen molar-refractivity contribution in [1.82, 2.24) is 15.0 Å². The van der Waals surface area contributed by atoms with Gasteiger partial charge in [0, 0.05) is 16.7 Å². The van der Waals surface area contributed by atoms with E-state index in [9.17, 15) is 0 Å². The van der Waals surface area contributed by atoms with Crippen LogP contribution in [0.5, 0.6) is 0 Å². The fraction of sp³-hybridized carbons (Fsp3) is 0.0143. The van der Waals surface area contributed by atoms with Crippen molar-refractivity contribution >= 4 is 0 Å². The summed E-state index contributed by atoms with van der Waals surface area (Å²) in [6.45, 7) is 0. The van der Waals surface area contributed by atoms with Crippen LogP contribution in [-0.2, 0) is 5.41 Å². The molecule has 1 spiro atoms. The molecule has 11 aromatic carbocycles. The number of hydrogen-bond donors (Lipinski definition) is 0. The molecule has 340 valence electrons. The summed E-state index contributed by atoms with van der Waals surface area (Å²) >= 11 is 0. The van der Waals surface area contributed by atoms with E-state index < -0.39 is 5.41 Å². The topological polar surface area (TPSA) is 38.7 Å². The first-order chi connectivity index (χ1) is 36.2. The van der Waals surface area contributed by atoms with Gasteiger partial charge in [-0.05, 0) is 143 Å². The molecule has 0 saturated heterocycles. The van der Waals surface area contributed by atoms with Crippen LogP contribution in [0.2, 0.25) is 0 Å². The molecule has 0 amide bonds. The van der Waals surface area contributed by atoms with E-state index >= 15 is 0 Å². The van der Waals surface area contributed by atoms with Crippen molar-refractivity contribution in [3.8, 4) is 112 Å². The molecule has 1 heterocycles. The second kappa shape index (κ2) is 17.4. The van der Waals surface area contributed by atoms with Gasteiger partial charge in [-0.2, -0.15) is 0 Å². The Labute approximate surface area is 425 Å². The van der Waals surface area contributed by atoms with Crippen molar-refractivity contribution in [2.75, 3.05) is 0 Å². The lowest BCUT2D eigenvalue weighted by molar-refractivity contribution is 0.775. The number of rotatable bonds is 7. The van der Waals surface area contributed by atoms with Gasteiger partial charge < -0.3 is 0 Å². The molecule has 2 aliphatic carbocycles. The molecule has 1 aromatic heterocycles. The van der Waals surface area contributed by atoms with E-state index in [2.05, 4.69) is 273 Å².